The molecule has 1 N–H and O–H groups in total. The third kappa shape index (κ3) is 13.9. The van der Waals surface area contributed by atoms with Crippen LogP contribution in [0.1, 0.15) is 111 Å². The molecule has 1 saturated carbocycles. The zero-order chi connectivity index (χ0) is 26.9. The minimum atomic E-state index is -4.34. The first-order valence-electron chi connectivity index (χ1n) is 13.7. The molecule has 0 amide bonds. The van der Waals surface area contributed by atoms with Crippen molar-refractivity contribution in [3.63, 3.8) is 0 Å². The SMILES string of the molecule is C/C=C(\N=C(C)C1CCCC(CNCC)CCC1)c1cccc(C(F)(F)F)c1.CC.CCC(C)C. The van der Waals surface area contributed by atoms with Crippen LogP contribution in [0.5, 0.6) is 0 Å². The lowest BCUT2D eigenvalue weighted by Gasteiger charge is -2.25. The fourth-order valence-electron chi connectivity index (χ4n) is 4.00. The Morgan fingerprint density at radius 3 is 2.11 bits per heavy atom. The number of hydrogen-bond donors (Lipinski definition) is 1. The van der Waals surface area contributed by atoms with Gasteiger partial charge in [-0.25, -0.2) is 0 Å². The van der Waals surface area contributed by atoms with Crippen LogP contribution in [0.15, 0.2) is 35.3 Å². The summed E-state index contributed by atoms with van der Waals surface area (Å²) in [4.78, 5) is 4.75. The van der Waals surface area contributed by atoms with Crippen LogP contribution < -0.4 is 5.32 Å². The van der Waals surface area contributed by atoms with Crippen LogP contribution in [0.3, 0.4) is 0 Å². The Balaban J connectivity index is 0.00000146. The predicted molar refractivity (Wildman–Crippen MR) is 148 cm³/mol. The molecule has 0 atom stereocenters. The van der Waals surface area contributed by atoms with Crippen molar-refractivity contribution < 1.29 is 13.2 Å². The molecule has 0 radical (unpaired) electrons. The van der Waals surface area contributed by atoms with Gasteiger partial charge in [0.05, 0.1) is 11.3 Å². The molecule has 0 saturated heterocycles. The van der Waals surface area contributed by atoms with Crippen LogP contribution in [-0.4, -0.2) is 18.8 Å². The summed E-state index contributed by atoms with van der Waals surface area (Å²) >= 11 is 0. The Bertz CT molecular complexity index is 725. The molecule has 1 aliphatic rings. The molecule has 1 aliphatic carbocycles. The highest BCUT2D eigenvalue weighted by atomic mass is 19.4. The summed E-state index contributed by atoms with van der Waals surface area (Å²) in [5.41, 5.74) is 1.55. The lowest BCUT2D eigenvalue weighted by Crippen LogP contribution is -2.24. The predicted octanol–water partition coefficient (Wildman–Crippen LogP) is 9.80. The molecule has 0 bridgehead atoms. The van der Waals surface area contributed by atoms with Crippen LogP contribution in [0.2, 0.25) is 0 Å². The van der Waals surface area contributed by atoms with Gasteiger partial charge < -0.3 is 5.32 Å². The molecule has 35 heavy (non-hydrogen) atoms. The van der Waals surface area contributed by atoms with E-state index in [2.05, 4.69) is 33.0 Å². The number of halogens is 3. The molecule has 0 aliphatic heterocycles. The molecule has 0 unspecified atom stereocenters. The average Bonchev–Trinajstić information content (AvgIpc) is 2.83. The highest BCUT2D eigenvalue weighted by molar-refractivity contribution is 5.89. The third-order valence-electron chi connectivity index (χ3n) is 6.48. The average molecular weight is 497 g/mol. The Labute approximate surface area is 213 Å². The minimum Gasteiger partial charge on any atom is -0.317 e. The Hall–Kier alpha value is -1.62. The van der Waals surface area contributed by atoms with E-state index < -0.39 is 11.7 Å². The van der Waals surface area contributed by atoms with Crippen molar-refractivity contribution >= 4 is 11.4 Å². The van der Waals surface area contributed by atoms with Crippen LogP contribution in [-0.2, 0) is 6.18 Å². The van der Waals surface area contributed by atoms with Crippen molar-refractivity contribution in [2.45, 2.75) is 107 Å². The number of allylic oxidation sites excluding steroid dienone is 1. The molecular formula is C30H51F3N2. The number of aliphatic imine (C=N–C) groups is 1. The van der Waals surface area contributed by atoms with Crippen molar-refractivity contribution in [2.75, 3.05) is 13.1 Å². The Kier molecular flexibility index (Phi) is 17.8. The van der Waals surface area contributed by atoms with Gasteiger partial charge in [-0.1, -0.05) is 79.0 Å². The fourth-order valence-corrected chi connectivity index (χ4v) is 4.00. The van der Waals surface area contributed by atoms with Gasteiger partial charge in [-0.2, -0.15) is 13.2 Å². The van der Waals surface area contributed by atoms with E-state index in [1.807, 2.05) is 27.7 Å². The molecule has 2 nitrogen and oxygen atoms in total. The zero-order valence-electron chi connectivity index (χ0n) is 23.6. The van der Waals surface area contributed by atoms with Gasteiger partial charge in [-0.05, 0) is 82.5 Å². The first-order valence-corrected chi connectivity index (χ1v) is 13.7. The summed E-state index contributed by atoms with van der Waals surface area (Å²) in [7, 11) is 0. The molecule has 1 aromatic rings. The molecule has 1 aromatic carbocycles. The quantitative estimate of drug-likeness (QED) is 0.373. The first-order chi connectivity index (χ1) is 16.6. The first kappa shape index (κ1) is 33.4. The van der Waals surface area contributed by atoms with Crippen LogP contribution in [0, 0.1) is 17.8 Å². The molecule has 0 heterocycles. The van der Waals surface area contributed by atoms with Gasteiger partial charge >= 0.3 is 6.18 Å². The minimum absolute atomic E-state index is 0.417. The monoisotopic (exact) mass is 496 g/mol. The lowest BCUT2D eigenvalue weighted by atomic mass is 9.84. The van der Waals surface area contributed by atoms with E-state index in [1.165, 1.54) is 44.2 Å². The summed E-state index contributed by atoms with van der Waals surface area (Å²) in [6.45, 7) is 18.8. The normalized spacial score (nSPS) is 19.7. The van der Waals surface area contributed by atoms with Crippen LogP contribution in [0.25, 0.3) is 5.70 Å². The summed E-state index contributed by atoms with van der Waals surface area (Å²) in [6, 6.07) is 5.44. The smallest absolute Gasteiger partial charge is 0.317 e. The van der Waals surface area contributed by atoms with Gasteiger partial charge in [0.15, 0.2) is 0 Å². The molecule has 1 fully saturated rings. The maximum Gasteiger partial charge on any atom is 0.416 e. The van der Waals surface area contributed by atoms with E-state index >= 15 is 0 Å². The van der Waals surface area contributed by atoms with Crippen molar-refractivity contribution in [3.05, 3.63) is 41.5 Å². The molecule has 202 valence electrons. The third-order valence-corrected chi connectivity index (χ3v) is 6.48. The van der Waals surface area contributed by atoms with E-state index in [4.69, 9.17) is 4.99 Å². The molecule has 2 rings (SSSR count). The number of nitrogens with zero attached hydrogens (tertiary/aromatic N) is 1. The second-order valence-corrected chi connectivity index (χ2v) is 9.54. The van der Waals surface area contributed by atoms with E-state index in [9.17, 15) is 13.2 Å². The Morgan fingerprint density at radius 2 is 1.66 bits per heavy atom. The highest BCUT2D eigenvalue weighted by Crippen LogP contribution is 2.32. The topological polar surface area (TPSA) is 24.4 Å². The Morgan fingerprint density at radius 1 is 1.09 bits per heavy atom. The summed E-state index contributed by atoms with van der Waals surface area (Å²) in [6.07, 6.45) is 5.83. The van der Waals surface area contributed by atoms with Crippen molar-refractivity contribution in [1.29, 1.82) is 0 Å². The maximum atomic E-state index is 13.0. The van der Waals surface area contributed by atoms with E-state index in [1.54, 1.807) is 12.1 Å². The summed E-state index contributed by atoms with van der Waals surface area (Å²) in [5, 5.41) is 3.46. The van der Waals surface area contributed by atoms with E-state index in [0.717, 1.165) is 49.5 Å². The van der Waals surface area contributed by atoms with Gasteiger partial charge in [-0.3, -0.25) is 4.99 Å². The maximum absolute atomic E-state index is 13.0. The fraction of sp³-hybridized carbons (Fsp3) is 0.700. The van der Waals surface area contributed by atoms with Crippen molar-refractivity contribution in [1.82, 2.24) is 5.32 Å². The molecule has 5 heteroatoms. The zero-order valence-corrected chi connectivity index (χ0v) is 23.6. The van der Waals surface area contributed by atoms with Crippen molar-refractivity contribution in [2.24, 2.45) is 22.7 Å². The van der Waals surface area contributed by atoms with Crippen LogP contribution in [0.4, 0.5) is 13.2 Å². The van der Waals surface area contributed by atoms with Gasteiger partial charge in [-0.15, -0.1) is 0 Å². The summed E-state index contributed by atoms with van der Waals surface area (Å²) < 4.78 is 39.1. The number of hydrogen-bond acceptors (Lipinski definition) is 2. The molecule has 0 spiro atoms. The van der Waals surface area contributed by atoms with Gasteiger partial charge in [0, 0.05) is 11.3 Å². The van der Waals surface area contributed by atoms with Crippen molar-refractivity contribution in [3.8, 4) is 0 Å². The van der Waals surface area contributed by atoms with E-state index in [-0.39, 0.29) is 0 Å². The standard InChI is InChI=1S/C23H33F3N2.C5H12.C2H6/c1-4-22(20-13-8-14-21(15-20)23(24,25)26)28-17(3)19-11-6-9-18(10-7-12-19)16-27-5-2;1-4-5(2)3;1-2/h4,8,13-15,18-19,27H,5-7,9-12,16H2,1-3H3;5H,4H2,1-3H3;1-2H3/b22-4-,28-17?;;. The number of benzene rings is 1. The second kappa shape index (κ2) is 18.6. The van der Waals surface area contributed by atoms with Gasteiger partial charge in [0.2, 0.25) is 0 Å². The summed E-state index contributed by atoms with van der Waals surface area (Å²) in [5.74, 6) is 2.06. The lowest BCUT2D eigenvalue weighted by molar-refractivity contribution is -0.137. The number of rotatable bonds is 7. The van der Waals surface area contributed by atoms with Gasteiger partial charge in [0.1, 0.15) is 0 Å². The largest absolute Gasteiger partial charge is 0.416 e. The van der Waals surface area contributed by atoms with E-state index in [0.29, 0.717) is 17.2 Å². The number of nitrogens with one attached hydrogen (secondary N) is 1. The second-order valence-electron chi connectivity index (χ2n) is 9.54. The van der Waals surface area contributed by atoms with Gasteiger partial charge in [0.25, 0.3) is 0 Å². The number of alkyl halides is 3. The molecular weight excluding hydrogens is 445 g/mol. The highest BCUT2D eigenvalue weighted by Gasteiger charge is 2.30. The van der Waals surface area contributed by atoms with Crippen LogP contribution >= 0.6 is 0 Å². The molecule has 0 aromatic heterocycles.